The highest BCUT2D eigenvalue weighted by Crippen LogP contribution is 2.43. The number of alkyl halides is 3. The van der Waals surface area contributed by atoms with Gasteiger partial charge in [-0.15, -0.1) is 0 Å². The Labute approximate surface area is 216 Å². The van der Waals surface area contributed by atoms with Crippen molar-refractivity contribution in [1.82, 2.24) is 4.90 Å². The van der Waals surface area contributed by atoms with Crippen LogP contribution >= 0.6 is 0 Å². The molecule has 3 unspecified atom stereocenters. The molecule has 3 atom stereocenters. The lowest BCUT2D eigenvalue weighted by atomic mass is 9.72. The minimum Gasteiger partial charge on any atom is -0.513 e. The number of hydrogen-bond donors (Lipinski definition) is 1. The summed E-state index contributed by atoms with van der Waals surface area (Å²) >= 11 is 0. The maximum absolute atomic E-state index is 13.3. The molecular weight excluding hydrogens is 459 g/mol. The van der Waals surface area contributed by atoms with Gasteiger partial charge in [0.1, 0.15) is 0 Å². The van der Waals surface area contributed by atoms with Crippen LogP contribution in [-0.4, -0.2) is 29.1 Å². The van der Waals surface area contributed by atoms with Crippen molar-refractivity contribution in [2.24, 2.45) is 17.8 Å². The van der Waals surface area contributed by atoms with E-state index in [1.165, 1.54) is 82.8 Å². The van der Waals surface area contributed by atoms with Crippen LogP contribution in [0, 0.1) is 17.8 Å². The van der Waals surface area contributed by atoms with E-state index >= 15 is 0 Å². The van der Waals surface area contributed by atoms with Crippen molar-refractivity contribution in [1.29, 1.82) is 0 Å². The van der Waals surface area contributed by atoms with E-state index in [1.807, 2.05) is 0 Å². The van der Waals surface area contributed by atoms with Gasteiger partial charge in [-0.1, -0.05) is 63.7 Å². The van der Waals surface area contributed by atoms with Crippen molar-refractivity contribution in [2.75, 3.05) is 13.1 Å². The lowest BCUT2D eigenvalue weighted by Crippen LogP contribution is -2.47. The smallest absolute Gasteiger partial charge is 0.416 e. The first-order valence-corrected chi connectivity index (χ1v) is 14.6. The molecule has 1 N–H and O–H groups in total. The standard InChI is InChI=1S/C31H46F3NO/c1-23(36)19-26-13-18-30(29(20-26)27-14-16-28(17-15-27)31(32,33)34)35(22-25-11-7-4-8-12-25)21-24-9-5-2-3-6-10-24/h14-17,24-26,29-30,36H,1-13,18-22H2. The summed E-state index contributed by atoms with van der Waals surface area (Å²) in [4.78, 5) is 2.79. The van der Waals surface area contributed by atoms with E-state index in [0.717, 1.165) is 49.8 Å². The lowest BCUT2D eigenvalue weighted by molar-refractivity contribution is -0.137. The molecule has 3 fully saturated rings. The SMILES string of the molecule is C=C(O)CC1CCC(N(CC2CCCCCC2)CC2CCCCC2)C(c2ccc(C(F)(F)F)cc2)C1. The van der Waals surface area contributed by atoms with Crippen molar-refractivity contribution >= 4 is 0 Å². The van der Waals surface area contributed by atoms with Crippen LogP contribution in [0.4, 0.5) is 13.2 Å². The topological polar surface area (TPSA) is 23.5 Å². The summed E-state index contributed by atoms with van der Waals surface area (Å²) in [5, 5.41) is 9.89. The summed E-state index contributed by atoms with van der Waals surface area (Å²) in [7, 11) is 0. The van der Waals surface area contributed by atoms with E-state index in [2.05, 4.69) is 11.5 Å². The van der Waals surface area contributed by atoms with Gasteiger partial charge in [-0.2, -0.15) is 13.2 Å². The monoisotopic (exact) mass is 505 g/mol. The van der Waals surface area contributed by atoms with Crippen LogP contribution in [0.15, 0.2) is 36.6 Å². The number of hydrogen-bond acceptors (Lipinski definition) is 2. The quantitative estimate of drug-likeness (QED) is 0.281. The summed E-state index contributed by atoms with van der Waals surface area (Å²) in [6.07, 6.45) is 13.9. The third-order valence-electron chi connectivity index (χ3n) is 9.27. The number of allylic oxidation sites excluding steroid dienone is 1. The van der Waals surface area contributed by atoms with Gasteiger partial charge in [0, 0.05) is 25.6 Å². The molecule has 0 spiro atoms. The first-order valence-electron chi connectivity index (χ1n) is 14.6. The lowest BCUT2D eigenvalue weighted by Gasteiger charge is -2.45. The predicted octanol–water partition coefficient (Wildman–Crippen LogP) is 9.27. The molecule has 0 bridgehead atoms. The van der Waals surface area contributed by atoms with Crippen LogP contribution in [0.25, 0.3) is 0 Å². The fraction of sp³-hybridized carbons (Fsp3) is 0.742. The van der Waals surface area contributed by atoms with Crippen molar-refractivity contribution < 1.29 is 18.3 Å². The molecule has 3 aliphatic carbocycles. The van der Waals surface area contributed by atoms with Crippen LogP contribution in [0.3, 0.4) is 0 Å². The number of halogens is 3. The highest BCUT2D eigenvalue weighted by Gasteiger charge is 2.38. The van der Waals surface area contributed by atoms with Crippen LogP contribution in [0.1, 0.15) is 113 Å². The summed E-state index contributed by atoms with van der Waals surface area (Å²) in [6, 6.07) is 6.33. The van der Waals surface area contributed by atoms with Gasteiger partial charge in [0.2, 0.25) is 0 Å². The average molecular weight is 506 g/mol. The number of benzene rings is 1. The minimum absolute atomic E-state index is 0.194. The zero-order valence-corrected chi connectivity index (χ0v) is 22.0. The molecule has 0 amide bonds. The molecule has 0 heterocycles. The molecule has 5 heteroatoms. The van der Waals surface area contributed by atoms with E-state index in [0.29, 0.717) is 18.4 Å². The largest absolute Gasteiger partial charge is 0.513 e. The third-order valence-corrected chi connectivity index (χ3v) is 9.27. The fourth-order valence-corrected chi connectivity index (χ4v) is 7.40. The van der Waals surface area contributed by atoms with Gasteiger partial charge in [-0.25, -0.2) is 0 Å². The molecule has 202 valence electrons. The van der Waals surface area contributed by atoms with E-state index in [4.69, 9.17) is 0 Å². The highest BCUT2D eigenvalue weighted by molar-refractivity contribution is 5.29. The summed E-state index contributed by atoms with van der Waals surface area (Å²) in [5.74, 6) is 2.23. The van der Waals surface area contributed by atoms with Gasteiger partial charge in [0.15, 0.2) is 0 Å². The minimum atomic E-state index is -4.31. The molecule has 0 aliphatic heterocycles. The Hall–Kier alpha value is -1.49. The Morgan fingerprint density at radius 3 is 1.81 bits per heavy atom. The van der Waals surface area contributed by atoms with Crippen LogP contribution in [0.5, 0.6) is 0 Å². The van der Waals surface area contributed by atoms with Gasteiger partial charge in [-0.05, 0) is 86.3 Å². The van der Waals surface area contributed by atoms with Gasteiger partial charge in [0.25, 0.3) is 0 Å². The molecule has 3 saturated carbocycles. The van der Waals surface area contributed by atoms with E-state index in [9.17, 15) is 18.3 Å². The van der Waals surface area contributed by atoms with Crippen LogP contribution < -0.4 is 0 Å². The van der Waals surface area contributed by atoms with Crippen molar-refractivity contribution in [3.05, 3.63) is 47.7 Å². The molecular formula is C31H46F3NO. The summed E-state index contributed by atoms with van der Waals surface area (Å²) < 4.78 is 39.8. The van der Waals surface area contributed by atoms with Gasteiger partial charge in [0.05, 0.1) is 11.3 Å². The molecule has 1 aromatic carbocycles. The van der Waals surface area contributed by atoms with E-state index in [-0.39, 0.29) is 11.7 Å². The molecule has 0 radical (unpaired) electrons. The first kappa shape index (κ1) is 27.5. The zero-order valence-electron chi connectivity index (χ0n) is 22.0. The molecule has 2 nitrogen and oxygen atoms in total. The van der Waals surface area contributed by atoms with Crippen molar-refractivity contribution in [3.8, 4) is 0 Å². The summed E-state index contributed by atoms with van der Waals surface area (Å²) in [5.41, 5.74) is 0.451. The first-order chi connectivity index (χ1) is 17.3. The van der Waals surface area contributed by atoms with Crippen LogP contribution in [0.2, 0.25) is 0 Å². The predicted molar refractivity (Wildman–Crippen MR) is 141 cm³/mol. The number of aliphatic hydroxyl groups excluding tert-OH is 1. The van der Waals surface area contributed by atoms with Gasteiger partial charge < -0.3 is 5.11 Å². The molecule has 0 saturated heterocycles. The molecule has 1 aromatic rings. The molecule has 0 aromatic heterocycles. The Kier molecular flexibility index (Phi) is 9.83. The normalized spacial score (nSPS) is 27.2. The van der Waals surface area contributed by atoms with E-state index < -0.39 is 11.7 Å². The second kappa shape index (κ2) is 12.8. The second-order valence-corrected chi connectivity index (χ2v) is 12.1. The van der Waals surface area contributed by atoms with Crippen molar-refractivity contribution in [3.63, 3.8) is 0 Å². The van der Waals surface area contributed by atoms with Gasteiger partial charge >= 0.3 is 6.18 Å². The fourth-order valence-electron chi connectivity index (χ4n) is 7.40. The summed E-state index contributed by atoms with van der Waals surface area (Å²) in [6.45, 7) is 5.99. The Morgan fingerprint density at radius 1 is 0.778 bits per heavy atom. The van der Waals surface area contributed by atoms with Gasteiger partial charge in [-0.3, -0.25) is 4.90 Å². The number of aliphatic hydroxyl groups is 1. The van der Waals surface area contributed by atoms with E-state index in [1.54, 1.807) is 12.1 Å². The zero-order chi connectivity index (χ0) is 25.5. The van der Waals surface area contributed by atoms with Crippen molar-refractivity contribution in [2.45, 2.75) is 114 Å². The number of nitrogens with zero attached hydrogens (tertiary/aromatic N) is 1. The van der Waals surface area contributed by atoms with Crippen LogP contribution in [-0.2, 0) is 6.18 Å². The molecule has 4 rings (SSSR count). The number of rotatable bonds is 8. The Bertz CT molecular complexity index is 806. The maximum atomic E-state index is 13.3. The highest BCUT2D eigenvalue weighted by atomic mass is 19.4. The third kappa shape index (κ3) is 7.76. The Balaban J connectivity index is 1.59. The Morgan fingerprint density at radius 2 is 1.31 bits per heavy atom. The average Bonchev–Trinajstić information content (AvgIpc) is 3.12. The second-order valence-electron chi connectivity index (χ2n) is 12.1. The maximum Gasteiger partial charge on any atom is 0.416 e. The molecule has 3 aliphatic rings. The molecule has 36 heavy (non-hydrogen) atoms.